The summed E-state index contributed by atoms with van der Waals surface area (Å²) in [5, 5.41) is 10.6. The lowest BCUT2D eigenvalue weighted by atomic mass is 9.74. The summed E-state index contributed by atoms with van der Waals surface area (Å²) in [7, 11) is 1.42. The maximum Gasteiger partial charge on any atom is 0.314 e. The molecule has 2 aliphatic carbocycles. The highest BCUT2D eigenvalue weighted by Crippen LogP contribution is 2.59. The lowest BCUT2D eigenvalue weighted by molar-refractivity contribution is -0.167. The molecule has 2 rings (SSSR count). The van der Waals surface area contributed by atoms with Crippen molar-refractivity contribution in [2.24, 2.45) is 11.3 Å². The number of rotatable bonds is 1. The maximum absolute atomic E-state index is 11.8. The van der Waals surface area contributed by atoms with E-state index in [-0.39, 0.29) is 11.9 Å². The van der Waals surface area contributed by atoms with Gasteiger partial charge in [-0.2, -0.15) is 0 Å². The first-order valence-electron chi connectivity index (χ1n) is 5.38. The molecule has 0 aromatic heterocycles. The lowest BCUT2D eigenvalue weighted by Crippen LogP contribution is -2.48. The first-order valence-corrected chi connectivity index (χ1v) is 5.38. The third-order valence-electron chi connectivity index (χ3n) is 4.39. The largest absolute Gasteiger partial charge is 0.469 e. The van der Waals surface area contributed by atoms with E-state index in [2.05, 4.69) is 0 Å². The van der Waals surface area contributed by atoms with E-state index in [1.807, 2.05) is 6.92 Å². The van der Waals surface area contributed by atoms with Crippen LogP contribution in [0.4, 0.5) is 0 Å². The predicted octanol–water partition coefficient (Wildman–Crippen LogP) is 1.49. The molecular weight excluding hydrogens is 180 g/mol. The monoisotopic (exact) mass is 198 g/mol. The van der Waals surface area contributed by atoms with Crippen LogP contribution < -0.4 is 0 Å². The minimum Gasteiger partial charge on any atom is -0.469 e. The molecule has 2 aliphatic rings. The van der Waals surface area contributed by atoms with Crippen molar-refractivity contribution in [3.8, 4) is 0 Å². The van der Waals surface area contributed by atoms with E-state index in [9.17, 15) is 9.90 Å². The molecule has 3 atom stereocenters. The zero-order valence-corrected chi connectivity index (χ0v) is 8.88. The highest BCUT2D eigenvalue weighted by Gasteiger charge is 2.65. The second-order valence-electron chi connectivity index (χ2n) is 4.79. The van der Waals surface area contributed by atoms with Crippen LogP contribution in [0.3, 0.4) is 0 Å². The van der Waals surface area contributed by atoms with Crippen molar-refractivity contribution in [3.63, 3.8) is 0 Å². The number of ether oxygens (including phenoxy) is 1. The van der Waals surface area contributed by atoms with Crippen LogP contribution in [-0.4, -0.2) is 23.8 Å². The minimum absolute atomic E-state index is 0.207. The van der Waals surface area contributed by atoms with Crippen molar-refractivity contribution in [1.29, 1.82) is 0 Å². The van der Waals surface area contributed by atoms with Gasteiger partial charge in [0, 0.05) is 0 Å². The summed E-state index contributed by atoms with van der Waals surface area (Å²) in [6.45, 7) is 2.04. The second-order valence-corrected chi connectivity index (χ2v) is 4.79. The van der Waals surface area contributed by atoms with E-state index >= 15 is 0 Å². The number of hydrogen-bond donors (Lipinski definition) is 1. The van der Waals surface area contributed by atoms with Gasteiger partial charge in [0.1, 0.15) is 0 Å². The van der Waals surface area contributed by atoms with Crippen LogP contribution in [0.15, 0.2) is 0 Å². The van der Waals surface area contributed by atoms with Gasteiger partial charge in [0.25, 0.3) is 0 Å². The lowest BCUT2D eigenvalue weighted by Gasteiger charge is -2.36. The van der Waals surface area contributed by atoms with E-state index < -0.39 is 11.0 Å². The van der Waals surface area contributed by atoms with E-state index in [1.54, 1.807) is 0 Å². The fourth-order valence-electron chi connectivity index (χ4n) is 3.45. The highest BCUT2D eigenvalue weighted by molar-refractivity contribution is 5.79. The molecule has 3 nitrogen and oxygen atoms in total. The summed E-state index contributed by atoms with van der Waals surface area (Å²) in [6, 6.07) is 0. The summed E-state index contributed by atoms with van der Waals surface area (Å²) in [4.78, 5) is 11.8. The molecule has 0 spiro atoms. The summed E-state index contributed by atoms with van der Waals surface area (Å²) in [5.74, 6) is 0.0194. The zero-order valence-electron chi connectivity index (χ0n) is 8.88. The van der Waals surface area contributed by atoms with Crippen LogP contribution in [0, 0.1) is 11.3 Å². The Morgan fingerprint density at radius 3 is 2.79 bits per heavy atom. The van der Waals surface area contributed by atoms with Crippen LogP contribution in [-0.2, 0) is 9.53 Å². The first-order chi connectivity index (χ1) is 6.57. The quantitative estimate of drug-likeness (QED) is 0.649. The van der Waals surface area contributed by atoms with E-state index in [4.69, 9.17) is 4.74 Å². The molecule has 0 unspecified atom stereocenters. The van der Waals surface area contributed by atoms with Gasteiger partial charge in [-0.3, -0.25) is 4.79 Å². The number of esters is 1. The van der Waals surface area contributed by atoms with Crippen LogP contribution in [0.1, 0.15) is 39.0 Å². The topological polar surface area (TPSA) is 46.5 Å². The molecule has 1 N–H and O–H groups in total. The number of carbonyl (C=O) groups excluding carboxylic acids is 1. The number of fused-ring (bicyclic) bond motifs is 1. The van der Waals surface area contributed by atoms with Gasteiger partial charge in [0.05, 0.1) is 18.1 Å². The Kier molecular flexibility index (Phi) is 2.11. The molecule has 2 fully saturated rings. The average Bonchev–Trinajstić information content (AvgIpc) is 2.63. The summed E-state index contributed by atoms with van der Waals surface area (Å²) >= 11 is 0. The third kappa shape index (κ3) is 0.937. The summed E-state index contributed by atoms with van der Waals surface area (Å²) < 4.78 is 4.85. The van der Waals surface area contributed by atoms with Crippen molar-refractivity contribution < 1.29 is 14.6 Å². The standard InChI is InChI=1S/C11H18O3/c1-8-4-7-10(9(12)14-2)5-3-6-11(8,10)13/h8,13H,3-7H2,1-2H3/t8-,10+,11+/m1/s1. The van der Waals surface area contributed by atoms with Gasteiger partial charge in [-0.05, 0) is 38.0 Å². The number of aliphatic hydroxyl groups is 1. The molecule has 0 aromatic rings. The summed E-state index contributed by atoms with van der Waals surface area (Å²) in [5.41, 5.74) is -1.37. The molecule has 80 valence electrons. The maximum atomic E-state index is 11.8. The minimum atomic E-state index is -0.792. The highest BCUT2D eigenvalue weighted by atomic mass is 16.5. The number of carbonyl (C=O) groups is 1. The molecule has 0 radical (unpaired) electrons. The Morgan fingerprint density at radius 2 is 2.14 bits per heavy atom. The number of methoxy groups -OCH3 is 1. The Labute approximate surface area is 84.4 Å². The Hall–Kier alpha value is -0.570. The Bertz CT molecular complexity index is 263. The molecule has 0 bridgehead atoms. The zero-order chi connectivity index (χ0) is 10.4. The molecular formula is C11H18O3. The van der Waals surface area contributed by atoms with Gasteiger partial charge in [0.15, 0.2) is 0 Å². The van der Waals surface area contributed by atoms with Crippen molar-refractivity contribution in [3.05, 3.63) is 0 Å². The number of hydrogen-bond acceptors (Lipinski definition) is 3. The Morgan fingerprint density at radius 1 is 1.43 bits per heavy atom. The predicted molar refractivity (Wildman–Crippen MR) is 51.6 cm³/mol. The molecule has 0 aromatic carbocycles. The second kappa shape index (κ2) is 2.96. The molecule has 0 aliphatic heterocycles. The third-order valence-corrected chi connectivity index (χ3v) is 4.39. The van der Waals surface area contributed by atoms with Gasteiger partial charge >= 0.3 is 5.97 Å². The van der Waals surface area contributed by atoms with Crippen molar-refractivity contribution >= 4 is 5.97 Å². The molecule has 3 heteroatoms. The van der Waals surface area contributed by atoms with Crippen LogP contribution in [0.25, 0.3) is 0 Å². The van der Waals surface area contributed by atoms with Crippen molar-refractivity contribution in [2.75, 3.05) is 7.11 Å². The van der Waals surface area contributed by atoms with Crippen molar-refractivity contribution in [2.45, 2.75) is 44.6 Å². The van der Waals surface area contributed by atoms with Gasteiger partial charge < -0.3 is 9.84 Å². The van der Waals surface area contributed by atoms with Gasteiger partial charge in [-0.15, -0.1) is 0 Å². The fourth-order valence-corrected chi connectivity index (χ4v) is 3.45. The normalized spacial score (nSPS) is 46.4. The molecule has 0 amide bonds. The van der Waals surface area contributed by atoms with Crippen LogP contribution in [0.2, 0.25) is 0 Å². The molecule has 0 saturated heterocycles. The smallest absolute Gasteiger partial charge is 0.314 e. The molecule has 0 heterocycles. The van der Waals surface area contributed by atoms with Crippen LogP contribution in [0.5, 0.6) is 0 Å². The van der Waals surface area contributed by atoms with E-state index in [0.717, 1.165) is 32.1 Å². The van der Waals surface area contributed by atoms with Gasteiger partial charge in [-0.25, -0.2) is 0 Å². The average molecular weight is 198 g/mol. The van der Waals surface area contributed by atoms with Gasteiger partial charge in [-0.1, -0.05) is 6.92 Å². The Balaban J connectivity index is 2.38. The molecule has 14 heavy (non-hydrogen) atoms. The van der Waals surface area contributed by atoms with E-state index in [1.165, 1.54) is 7.11 Å². The van der Waals surface area contributed by atoms with E-state index in [0.29, 0.717) is 0 Å². The van der Waals surface area contributed by atoms with Crippen LogP contribution >= 0.6 is 0 Å². The fraction of sp³-hybridized carbons (Fsp3) is 0.909. The van der Waals surface area contributed by atoms with Gasteiger partial charge in [0.2, 0.25) is 0 Å². The SMILES string of the molecule is COC(=O)[C@@]12CCC[C@]1(O)[C@H](C)CC2. The van der Waals surface area contributed by atoms with Crippen molar-refractivity contribution in [1.82, 2.24) is 0 Å². The first kappa shape index (κ1) is 9.97. The summed E-state index contributed by atoms with van der Waals surface area (Å²) in [6.07, 6.45) is 4.21. The molecule has 2 saturated carbocycles.